The first-order valence-corrected chi connectivity index (χ1v) is 9.95. The Hall–Kier alpha value is -2.58. The topological polar surface area (TPSA) is 85.9 Å². The summed E-state index contributed by atoms with van der Waals surface area (Å²) in [6.45, 7) is 5.59. The monoisotopic (exact) mass is 464 g/mol. The molecule has 0 aromatic heterocycles. The van der Waals surface area contributed by atoms with Crippen LogP contribution in [0, 0.1) is 5.92 Å². The zero-order valence-electron chi connectivity index (χ0n) is 16.7. The standard InChI is InChI=1S/C21H25BrN2O5/c1-14(2)13-29-17-7-4-15(5-8-17)20(25)23-24-21(26)16-6-9-19(18(22)12-16)28-11-10-27-3/h4-9,12,14H,10-11,13H2,1-3H3,(H,23,25)(H,24,26). The first kappa shape index (κ1) is 22.7. The highest BCUT2D eigenvalue weighted by Crippen LogP contribution is 2.26. The maximum atomic E-state index is 12.3. The summed E-state index contributed by atoms with van der Waals surface area (Å²) in [6.07, 6.45) is 0. The molecule has 0 spiro atoms. The van der Waals surface area contributed by atoms with Crippen molar-refractivity contribution in [3.63, 3.8) is 0 Å². The first-order valence-electron chi connectivity index (χ1n) is 9.15. The molecule has 0 unspecified atom stereocenters. The van der Waals surface area contributed by atoms with Crippen molar-refractivity contribution in [2.75, 3.05) is 26.9 Å². The van der Waals surface area contributed by atoms with Crippen LogP contribution < -0.4 is 20.3 Å². The lowest BCUT2D eigenvalue weighted by atomic mass is 10.2. The minimum absolute atomic E-state index is 0.369. The lowest BCUT2D eigenvalue weighted by Gasteiger charge is -2.11. The average Bonchev–Trinajstić information content (AvgIpc) is 2.71. The van der Waals surface area contributed by atoms with Crippen molar-refractivity contribution in [3.8, 4) is 11.5 Å². The number of carbonyl (C=O) groups is 2. The van der Waals surface area contributed by atoms with Gasteiger partial charge in [0.1, 0.15) is 18.1 Å². The first-order chi connectivity index (χ1) is 13.9. The van der Waals surface area contributed by atoms with E-state index in [9.17, 15) is 9.59 Å². The highest BCUT2D eigenvalue weighted by molar-refractivity contribution is 9.10. The Bertz CT molecular complexity index is 824. The molecule has 8 heteroatoms. The van der Waals surface area contributed by atoms with Gasteiger partial charge in [-0.2, -0.15) is 0 Å². The smallest absolute Gasteiger partial charge is 0.269 e. The van der Waals surface area contributed by atoms with Crippen molar-refractivity contribution in [1.82, 2.24) is 10.9 Å². The summed E-state index contributed by atoms with van der Waals surface area (Å²) in [6, 6.07) is 11.6. The van der Waals surface area contributed by atoms with Crippen LogP contribution in [0.4, 0.5) is 0 Å². The van der Waals surface area contributed by atoms with E-state index in [0.717, 1.165) is 0 Å². The number of rotatable bonds is 9. The van der Waals surface area contributed by atoms with Crippen LogP contribution in [0.2, 0.25) is 0 Å². The molecule has 0 aliphatic carbocycles. The molecule has 0 atom stereocenters. The Kier molecular flexibility index (Phi) is 8.95. The number of carbonyl (C=O) groups excluding carboxylic acids is 2. The molecule has 2 N–H and O–H groups in total. The van der Waals surface area contributed by atoms with Gasteiger partial charge in [0, 0.05) is 18.2 Å². The Balaban J connectivity index is 1.88. The van der Waals surface area contributed by atoms with E-state index in [0.29, 0.717) is 52.8 Å². The van der Waals surface area contributed by atoms with Crippen LogP contribution in [0.5, 0.6) is 11.5 Å². The number of ether oxygens (including phenoxy) is 3. The molecule has 7 nitrogen and oxygen atoms in total. The Morgan fingerprint density at radius 3 is 2.14 bits per heavy atom. The number of hydrogen-bond donors (Lipinski definition) is 2. The normalized spacial score (nSPS) is 10.5. The predicted molar refractivity (Wildman–Crippen MR) is 113 cm³/mol. The molecule has 2 aromatic rings. The van der Waals surface area contributed by atoms with Gasteiger partial charge in [-0.05, 0) is 64.3 Å². The number of hydrogen-bond acceptors (Lipinski definition) is 5. The van der Waals surface area contributed by atoms with Crippen LogP contribution >= 0.6 is 15.9 Å². The molecule has 2 aromatic carbocycles. The SMILES string of the molecule is COCCOc1ccc(C(=O)NNC(=O)c2ccc(OCC(C)C)cc2)cc1Br. The highest BCUT2D eigenvalue weighted by Gasteiger charge is 2.12. The molecule has 0 bridgehead atoms. The summed E-state index contributed by atoms with van der Waals surface area (Å²) in [5, 5.41) is 0. The van der Waals surface area contributed by atoms with Crippen LogP contribution in [0.25, 0.3) is 0 Å². The van der Waals surface area contributed by atoms with E-state index in [4.69, 9.17) is 14.2 Å². The lowest BCUT2D eigenvalue weighted by molar-refractivity contribution is 0.0846. The van der Waals surface area contributed by atoms with Crippen molar-refractivity contribution >= 4 is 27.7 Å². The highest BCUT2D eigenvalue weighted by atomic mass is 79.9. The molecule has 2 rings (SSSR count). The van der Waals surface area contributed by atoms with E-state index >= 15 is 0 Å². The molecule has 0 fully saturated rings. The van der Waals surface area contributed by atoms with Gasteiger partial charge < -0.3 is 14.2 Å². The molecule has 0 aliphatic heterocycles. The molecule has 0 radical (unpaired) electrons. The number of nitrogens with one attached hydrogen (secondary N) is 2. The number of hydrazine groups is 1. The van der Waals surface area contributed by atoms with Crippen LogP contribution in [0.1, 0.15) is 34.6 Å². The fraction of sp³-hybridized carbons (Fsp3) is 0.333. The molecule has 0 aliphatic rings. The van der Waals surface area contributed by atoms with Gasteiger partial charge in [-0.1, -0.05) is 13.8 Å². The van der Waals surface area contributed by atoms with E-state index in [1.54, 1.807) is 49.6 Å². The second kappa shape index (κ2) is 11.4. The van der Waals surface area contributed by atoms with Gasteiger partial charge in [0.05, 0.1) is 17.7 Å². The largest absolute Gasteiger partial charge is 0.493 e. The number of halogens is 1. The maximum Gasteiger partial charge on any atom is 0.269 e. The van der Waals surface area contributed by atoms with Crippen molar-refractivity contribution < 1.29 is 23.8 Å². The molecule has 2 amide bonds. The Morgan fingerprint density at radius 2 is 1.55 bits per heavy atom. The van der Waals surface area contributed by atoms with E-state index in [1.807, 2.05) is 0 Å². The molecule has 29 heavy (non-hydrogen) atoms. The van der Waals surface area contributed by atoms with E-state index in [1.165, 1.54) is 0 Å². The summed E-state index contributed by atoms with van der Waals surface area (Å²) in [5.74, 6) is 0.838. The molecule has 156 valence electrons. The summed E-state index contributed by atoms with van der Waals surface area (Å²) >= 11 is 3.37. The van der Waals surface area contributed by atoms with Crippen LogP contribution in [-0.2, 0) is 4.74 Å². The number of methoxy groups -OCH3 is 1. The third-order valence-corrected chi connectivity index (χ3v) is 4.35. The van der Waals surface area contributed by atoms with Crippen molar-refractivity contribution in [1.29, 1.82) is 0 Å². The van der Waals surface area contributed by atoms with Crippen LogP contribution in [-0.4, -0.2) is 38.7 Å². The fourth-order valence-electron chi connectivity index (χ4n) is 2.22. The number of amides is 2. The van der Waals surface area contributed by atoms with Crippen molar-refractivity contribution in [2.24, 2.45) is 5.92 Å². The van der Waals surface area contributed by atoms with Gasteiger partial charge in [-0.25, -0.2) is 0 Å². The van der Waals surface area contributed by atoms with E-state index in [2.05, 4.69) is 40.6 Å². The zero-order valence-corrected chi connectivity index (χ0v) is 18.2. The van der Waals surface area contributed by atoms with Crippen molar-refractivity contribution in [3.05, 3.63) is 58.1 Å². The fourth-order valence-corrected chi connectivity index (χ4v) is 2.71. The summed E-state index contributed by atoms with van der Waals surface area (Å²) < 4.78 is 16.7. The summed E-state index contributed by atoms with van der Waals surface area (Å²) in [7, 11) is 1.59. The third kappa shape index (κ3) is 7.40. The maximum absolute atomic E-state index is 12.3. The average molecular weight is 465 g/mol. The van der Waals surface area contributed by atoms with E-state index in [-0.39, 0.29) is 0 Å². The predicted octanol–water partition coefficient (Wildman–Crippen LogP) is 3.58. The summed E-state index contributed by atoms with van der Waals surface area (Å²) in [5.41, 5.74) is 5.58. The second-order valence-electron chi connectivity index (χ2n) is 6.62. The van der Waals surface area contributed by atoms with Gasteiger partial charge in [0.25, 0.3) is 11.8 Å². The van der Waals surface area contributed by atoms with Crippen LogP contribution in [0.15, 0.2) is 46.9 Å². The molecule has 0 saturated heterocycles. The minimum Gasteiger partial charge on any atom is -0.493 e. The van der Waals surface area contributed by atoms with Gasteiger partial charge >= 0.3 is 0 Å². The zero-order chi connectivity index (χ0) is 21.2. The quantitative estimate of drug-likeness (QED) is 0.437. The minimum atomic E-state index is -0.445. The molecule has 0 saturated carbocycles. The van der Waals surface area contributed by atoms with Gasteiger partial charge in [0.2, 0.25) is 0 Å². The van der Waals surface area contributed by atoms with Gasteiger partial charge in [-0.15, -0.1) is 0 Å². The molecular weight excluding hydrogens is 440 g/mol. The Morgan fingerprint density at radius 1 is 0.931 bits per heavy atom. The van der Waals surface area contributed by atoms with Gasteiger partial charge in [0.15, 0.2) is 0 Å². The number of benzene rings is 2. The third-order valence-electron chi connectivity index (χ3n) is 3.73. The Labute approximate surface area is 178 Å². The second-order valence-corrected chi connectivity index (χ2v) is 7.48. The summed E-state index contributed by atoms with van der Waals surface area (Å²) in [4.78, 5) is 24.5. The van der Waals surface area contributed by atoms with E-state index < -0.39 is 11.8 Å². The molecular formula is C21H25BrN2O5. The lowest BCUT2D eigenvalue weighted by Crippen LogP contribution is -2.41. The molecule has 0 heterocycles. The van der Waals surface area contributed by atoms with Crippen LogP contribution in [0.3, 0.4) is 0 Å². The van der Waals surface area contributed by atoms with Crippen molar-refractivity contribution in [2.45, 2.75) is 13.8 Å². The van der Waals surface area contributed by atoms with Gasteiger partial charge in [-0.3, -0.25) is 20.4 Å².